The highest BCUT2D eigenvalue weighted by Crippen LogP contribution is 2.37. The Morgan fingerprint density at radius 2 is 1.47 bits per heavy atom. The number of para-hydroxylation sites is 1. The van der Waals surface area contributed by atoms with Gasteiger partial charge in [0, 0.05) is 16.8 Å². The fourth-order valence-corrected chi connectivity index (χ4v) is 2.23. The molecule has 0 unspecified atom stereocenters. The average molecular weight is 270 g/mol. The van der Waals surface area contributed by atoms with Crippen LogP contribution in [-0.4, -0.2) is 0 Å². The van der Waals surface area contributed by atoms with Crippen LogP contribution in [0.15, 0.2) is 60.7 Å². The molecule has 19 heavy (non-hydrogen) atoms. The minimum atomic E-state index is 0.504. The molecule has 0 saturated carbocycles. The molecule has 3 aromatic carbocycles. The molecule has 2 nitrogen and oxygen atoms in total. The highest BCUT2D eigenvalue weighted by molar-refractivity contribution is 6.35. The summed E-state index contributed by atoms with van der Waals surface area (Å²) in [6, 6.07) is 19.2. The number of rotatable bonds is 2. The number of anilines is 1. The standard InChI is InChI=1S/C16H12ClNO/c17-14-10-15(19-11-6-2-1-3-7-11)12-8-4-5-9-13(12)16(14)18/h1-10H,18H2. The van der Waals surface area contributed by atoms with Gasteiger partial charge in [-0.3, -0.25) is 0 Å². The van der Waals surface area contributed by atoms with Gasteiger partial charge in [0.2, 0.25) is 0 Å². The molecule has 0 aromatic heterocycles. The lowest BCUT2D eigenvalue weighted by Crippen LogP contribution is -1.92. The number of hydrogen-bond acceptors (Lipinski definition) is 2. The summed E-state index contributed by atoms with van der Waals surface area (Å²) in [4.78, 5) is 0. The Bertz CT molecular complexity index is 725. The lowest BCUT2D eigenvalue weighted by molar-refractivity contribution is 0.488. The Labute approximate surface area is 116 Å². The van der Waals surface area contributed by atoms with Gasteiger partial charge >= 0.3 is 0 Å². The van der Waals surface area contributed by atoms with Crippen molar-refractivity contribution in [2.24, 2.45) is 0 Å². The molecule has 0 atom stereocenters. The molecule has 0 aliphatic carbocycles. The van der Waals surface area contributed by atoms with Crippen molar-refractivity contribution in [2.45, 2.75) is 0 Å². The van der Waals surface area contributed by atoms with Crippen LogP contribution in [0.1, 0.15) is 0 Å². The Morgan fingerprint density at radius 1 is 0.842 bits per heavy atom. The second kappa shape index (κ2) is 4.82. The zero-order valence-electron chi connectivity index (χ0n) is 10.1. The van der Waals surface area contributed by atoms with Crippen molar-refractivity contribution < 1.29 is 4.74 Å². The minimum Gasteiger partial charge on any atom is -0.457 e. The van der Waals surface area contributed by atoms with Gasteiger partial charge in [0.15, 0.2) is 0 Å². The third-order valence-electron chi connectivity index (χ3n) is 2.97. The maximum absolute atomic E-state index is 6.15. The van der Waals surface area contributed by atoms with Crippen molar-refractivity contribution in [2.75, 3.05) is 5.73 Å². The largest absolute Gasteiger partial charge is 0.457 e. The summed E-state index contributed by atoms with van der Waals surface area (Å²) in [5, 5.41) is 2.36. The normalized spacial score (nSPS) is 10.6. The molecule has 0 aliphatic heterocycles. The molecule has 2 N–H and O–H groups in total. The van der Waals surface area contributed by atoms with Gasteiger partial charge in [-0.25, -0.2) is 0 Å². The SMILES string of the molecule is Nc1c(Cl)cc(Oc2ccccc2)c2ccccc12. The Balaban J connectivity index is 2.16. The van der Waals surface area contributed by atoms with Crippen LogP contribution in [-0.2, 0) is 0 Å². The highest BCUT2D eigenvalue weighted by Gasteiger charge is 2.09. The molecule has 0 saturated heterocycles. The number of nitrogens with two attached hydrogens (primary N) is 1. The van der Waals surface area contributed by atoms with E-state index in [1.54, 1.807) is 6.07 Å². The van der Waals surface area contributed by atoms with Crippen molar-refractivity contribution in [3.63, 3.8) is 0 Å². The van der Waals surface area contributed by atoms with E-state index >= 15 is 0 Å². The third kappa shape index (κ3) is 2.23. The number of nitrogen functional groups attached to an aromatic ring is 1. The van der Waals surface area contributed by atoms with E-state index in [1.165, 1.54) is 0 Å². The van der Waals surface area contributed by atoms with Crippen LogP contribution in [0.25, 0.3) is 10.8 Å². The van der Waals surface area contributed by atoms with Crippen LogP contribution in [0.3, 0.4) is 0 Å². The summed E-state index contributed by atoms with van der Waals surface area (Å²) in [7, 11) is 0. The van der Waals surface area contributed by atoms with Crippen molar-refractivity contribution in [3.05, 3.63) is 65.7 Å². The molecular weight excluding hydrogens is 258 g/mol. The lowest BCUT2D eigenvalue weighted by Gasteiger charge is -2.12. The number of ether oxygens (including phenoxy) is 1. The predicted octanol–water partition coefficient (Wildman–Crippen LogP) is 4.87. The van der Waals surface area contributed by atoms with Crippen LogP contribution in [0.4, 0.5) is 5.69 Å². The molecule has 3 rings (SSSR count). The molecule has 94 valence electrons. The van der Waals surface area contributed by atoms with Gasteiger partial charge in [-0.05, 0) is 12.1 Å². The smallest absolute Gasteiger partial charge is 0.136 e. The molecule has 0 aliphatic rings. The molecule has 0 fully saturated rings. The maximum atomic E-state index is 6.15. The van der Waals surface area contributed by atoms with Gasteiger partial charge in [0.05, 0.1) is 10.7 Å². The summed E-state index contributed by atoms with van der Waals surface area (Å²) in [6.07, 6.45) is 0. The number of fused-ring (bicyclic) bond motifs is 1. The first-order valence-corrected chi connectivity index (χ1v) is 6.33. The molecule has 0 amide bonds. The van der Waals surface area contributed by atoms with Crippen molar-refractivity contribution in [3.8, 4) is 11.5 Å². The van der Waals surface area contributed by atoms with E-state index in [0.717, 1.165) is 16.5 Å². The Hall–Kier alpha value is -2.19. The zero-order chi connectivity index (χ0) is 13.2. The molecule has 3 aromatic rings. The van der Waals surface area contributed by atoms with Crippen LogP contribution in [0.5, 0.6) is 11.5 Å². The monoisotopic (exact) mass is 269 g/mol. The molecular formula is C16H12ClNO. The summed E-state index contributed by atoms with van der Waals surface area (Å²) < 4.78 is 5.89. The second-order valence-electron chi connectivity index (χ2n) is 4.23. The molecule has 3 heteroatoms. The predicted molar refractivity (Wildman–Crippen MR) is 79.9 cm³/mol. The van der Waals surface area contributed by atoms with E-state index in [1.807, 2.05) is 54.6 Å². The molecule has 0 bridgehead atoms. The third-order valence-corrected chi connectivity index (χ3v) is 3.28. The highest BCUT2D eigenvalue weighted by atomic mass is 35.5. The van der Waals surface area contributed by atoms with Gasteiger partial charge in [0.25, 0.3) is 0 Å². The van der Waals surface area contributed by atoms with Crippen LogP contribution in [0.2, 0.25) is 5.02 Å². The van der Waals surface area contributed by atoms with Gasteiger partial charge in [-0.2, -0.15) is 0 Å². The molecule has 0 heterocycles. The van der Waals surface area contributed by atoms with E-state index in [2.05, 4.69) is 0 Å². The molecule has 0 radical (unpaired) electrons. The quantitative estimate of drug-likeness (QED) is 0.674. The summed E-state index contributed by atoms with van der Waals surface area (Å²) in [5.41, 5.74) is 6.57. The first kappa shape index (κ1) is 11.9. The van der Waals surface area contributed by atoms with Crippen molar-refractivity contribution in [1.82, 2.24) is 0 Å². The van der Waals surface area contributed by atoms with Crippen LogP contribution in [0, 0.1) is 0 Å². The van der Waals surface area contributed by atoms with Gasteiger partial charge in [0.1, 0.15) is 11.5 Å². The fraction of sp³-hybridized carbons (Fsp3) is 0. The van der Waals surface area contributed by atoms with Crippen LogP contribution < -0.4 is 10.5 Å². The minimum absolute atomic E-state index is 0.504. The number of halogens is 1. The first-order valence-electron chi connectivity index (χ1n) is 5.95. The van der Waals surface area contributed by atoms with E-state index in [4.69, 9.17) is 22.1 Å². The van der Waals surface area contributed by atoms with Gasteiger partial charge in [-0.1, -0.05) is 54.1 Å². The van der Waals surface area contributed by atoms with Crippen molar-refractivity contribution >= 4 is 28.1 Å². The van der Waals surface area contributed by atoms with Gasteiger partial charge in [-0.15, -0.1) is 0 Å². The summed E-state index contributed by atoms with van der Waals surface area (Å²) in [5.74, 6) is 1.48. The Morgan fingerprint density at radius 3 is 2.21 bits per heavy atom. The fourth-order valence-electron chi connectivity index (χ4n) is 2.03. The van der Waals surface area contributed by atoms with E-state index in [9.17, 15) is 0 Å². The van der Waals surface area contributed by atoms with E-state index in [0.29, 0.717) is 16.5 Å². The number of hydrogen-bond donors (Lipinski definition) is 1. The summed E-state index contributed by atoms with van der Waals surface area (Å²) >= 11 is 6.15. The zero-order valence-corrected chi connectivity index (χ0v) is 10.9. The van der Waals surface area contributed by atoms with Gasteiger partial charge < -0.3 is 10.5 Å². The molecule has 0 spiro atoms. The number of benzene rings is 3. The first-order chi connectivity index (χ1) is 9.25. The average Bonchev–Trinajstić information content (AvgIpc) is 2.46. The second-order valence-corrected chi connectivity index (χ2v) is 4.64. The Kier molecular flexibility index (Phi) is 3.02. The van der Waals surface area contributed by atoms with Crippen molar-refractivity contribution in [1.29, 1.82) is 0 Å². The summed E-state index contributed by atoms with van der Waals surface area (Å²) in [6.45, 7) is 0. The van der Waals surface area contributed by atoms with Crippen LogP contribution >= 0.6 is 11.6 Å². The lowest BCUT2D eigenvalue weighted by atomic mass is 10.1. The van der Waals surface area contributed by atoms with E-state index < -0.39 is 0 Å². The van der Waals surface area contributed by atoms with E-state index in [-0.39, 0.29) is 0 Å². The maximum Gasteiger partial charge on any atom is 0.136 e. The topological polar surface area (TPSA) is 35.2 Å².